The fraction of sp³-hybridized carbons (Fsp3) is 0.519. The van der Waals surface area contributed by atoms with Crippen molar-refractivity contribution >= 4 is 17.4 Å². The number of aromatic nitrogens is 3. The van der Waals surface area contributed by atoms with Crippen molar-refractivity contribution in [1.29, 1.82) is 0 Å². The quantitative estimate of drug-likeness (QED) is 0.337. The van der Waals surface area contributed by atoms with Crippen LogP contribution in [0.3, 0.4) is 0 Å². The van der Waals surface area contributed by atoms with Crippen molar-refractivity contribution < 1.29 is 22.4 Å². The van der Waals surface area contributed by atoms with E-state index in [-0.39, 0.29) is 17.3 Å². The van der Waals surface area contributed by atoms with Crippen molar-refractivity contribution in [3.8, 4) is 11.3 Å². The highest BCUT2D eigenvalue weighted by Crippen LogP contribution is 2.39. The topological polar surface area (TPSA) is 85.0 Å². The molecule has 2 aliphatic carbocycles. The number of halogens is 3. The Morgan fingerprint density at radius 1 is 1.16 bits per heavy atom. The van der Waals surface area contributed by atoms with Gasteiger partial charge >= 0.3 is 6.18 Å². The molecule has 0 saturated heterocycles. The van der Waals surface area contributed by atoms with Crippen LogP contribution in [0.25, 0.3) is 11.3 Å². The summed E-state index contributed by atoms with van der Waals surface area (Å²) in [6, 6.07) is 4.97. The number of rotatable bonds is 8. The Morgan fingerprint density at radius 2 is 1.92 bits per heavy atom. The fourth-order valence-corrected chi connectivity index (χ4v) is 4.96. The third kappa shape index (κ3) is 5.99. The molecular weight excluding hydrogens is 483 g/mol. The van der Waals surface area contributed by atoms with Gasteiger partial charge in [0, 0.05) is 24.5 Å². The summed E-state index contributed by atoms with van der Waals surface area (Å²) in [6.45, 7) is 5.21. The zero-order valence-electron chi connectivity index (χ0n) is 21.0. The molecule has 2 aliphatic rings. The maximum Gasteiger partial charge on any atom is 0.437 e. The van der Waals surface area contributed by atoms with E-state index in [0.29, 0.717) is 34.9 Å². The lowest BCUT2D eigenvalue weighted by molar-refractivity contribution is -0.141. The van der Waals surface area contributed by atoms with Gasteiger partial charge in [-0.15, -0.1) is 0 Å². The Balaban J connectivity index is 1.29. The second-order valence-electron chi connectivity index (χ2n) is 10.6. The number of anilines is 2. The number of furan rings is 1. The normalized spacial score (nSPS) is 20.3. The molecule has 0 bridgehead atoms. The third-order valence-corrected chi connectivity index (χ3v) is 7.48. The molecule has 198 valence electrons. The van der Waals surface area contributed by atoms with E-state index < -0.39 is 17.8 Å². The summed E-state index contributed by atoms with van der Waals surface area (Å²) in [5, 5.41) is 9.56. The standard InChI is InChI=1S/C27H32F3N5O2/c1-16(2)18-5-7-21(8-6-18)35-14-22(25(34-35)27(28,29)30)33-26(36)20-11-23(37-15-20)19-9-10-31-24(12-19)32-13-17-3-4-17/h9-12,14-18,21H,3-8,13H2,1-2H3,(H,31,32)(H,33,36)/t18-,21+. The van der Waals surface area contributed by atoms with Crippen LogP contribution in [0.4, 0.5) is 24.7 Å². The average molecular weight is 516 g/mol. The summed E-state index contributed by atoms with van der Waals surface area (Å²) in [5.74, 6) is 2.26. The van der Waals surface area contributed by atoms with Crippen LogP contribution in [0.2, 0.25) is 0 Å². The number of alkyl halides is 3. The Hall–Kier alpha value is -3.30. The van der Waals surface area contributed by atoms with Gasteiger partial charge in [0.25, 0.3) is 5.91 Å². The van der Waals surface area contributed by atoms with E-state index in [1.165, 1.54) is 36.0 Å². The Labute approximate surface area is 213 Å². The van der Waals surface area contributed by atoms with Crippen molar-refractivity contribution in [2.75, 3.05) is 17.2 Å². The molecule has 0 aliphatic heterocycles. The van der Waals surface area contributed by atoms with Gasteiger partial charge in [-0.2, -0.15) is 18.3 Å². The first-order chi connectivity index (χ1) is 17.7. The summed E-state index contributed by atoms with van der Waals surface area (Å²) in [6.07, 6.45) is 5.39. The Bertz CT molecular complexity index is 1240. The molecule has 7 nitrogen and oxygen atoms in total. The van der Waals surface area contributed by atoms with E-state index in [2.05, 4.69) is 34.6 Å². The zero-order valence-corrected chi connectivity index (χ0v) is 21.0. The summed E-state index contributed by atoms with van der Waals surface area (Å²) < 4.78 is 48.3. The average Bonchev–Trinajstić information content (AvgIpc) is 3.38. The van der Waals surface area contributed by atoms with Gasteiger partial charge in [0.1, 0.15) is 17.8 Å². The maximum atomic E-state index is 13.8. The van der Waals surface area contributed by atoms with Crippen LogP contribution in [0.1, 0.15) is 74.5 Å². The van der Waals surface area contributed by atoms with Crippen molar-refractivity contribution in [3.05, 3.63) is 48.1 Å². The molecule has 1 amide bonds. The smallest absolute Gasteiger partial charge is 0.437 e. The van der Waals surface area contributed by atoms with E-state index in [9.17, 15) is 18.0 Å². The number of carbonyl (C=O) groups excluding carboxylic acids is 1. The van der Waals surface area contributed by atoms with Gasteiger partial charge in [-0.25, -0.2) is 4.98 Å². The van der Waals surface area contributed by atoms with Crippen LogP contribution in [0, 0.1) is 17.8 Å². The number of carbonyl (C=O) groups is 1. The lowest BCUT2D eigenvalue weighted by Crippen LogP contribution is -2.22. The molecule has 2 fully saturated rings. The number of nitrogens with one attached hydrogen (secondary N) is 2. The van der Waals surface area contributed by atoms with E-state index >= 15 is 0 Å². The van der Waals surface area contributed by atoms with Crippen LogP contribution in [-0.4, -0.2) is 27.2 Å². The zero-order chi connectivity index (χ0) is 26.2. The summed E-state index contributed by atoms with van der Waals surface area (Å²) in [4.78, 5) is 17.2. The van der Waals surface area contributed by atoms with Crippen molar-refractivity contribution in [3.63, 3.8) is 0 Å². The lowest BCUT2D eigenvalue weighted by atomic mass is 9.80. The molecule has 0 spiro atoms. The first-order valence-electron chi connectivity index (χ1n) is 12.9. The molecule has 2 N–H and O–H groups in total. The minimum atomic E-state index is -4.69. The predicted octanol–water partition coefficient (Wildman–Crippen LogP) is 7.02. The first-order valence-corrected chi connectivity index (χ1v) is 12.9. The number of hydrogen-bond donors (Lipinski definition) is 2. The Morgan fingerprint density at radius 3 is 2.59 bits per heavy atom. The molecule has 2 saturated carbocycles. The molecule has 5 rings (SSSR count). The maximum absolute atomic E-state index is 13.8. The molecule has 3 aromatic rings. The van der Waals surface area contributed by atoms with Gasteiger partial charge < -0.3 is 15.1 Å². The molecule has 37 heavy (non-hydrogen) atoms. The molecular formula is C27H32F3N5O2. The van der Waals surface area contributed by atoms with Crippen LogP contribution in [-0.2, 0) is 6.18 Å². The van der Waals surface area contributed by atoms with Crippen molar-refractivity contribution in [2.24, 2.45) is 17.8 Å². The number of nitrogens with zero attached hydrogens (tertiary/aromatic N) is 3. The van der Waals surface area contributed by atoms with Crippen LogP contribution < -0.4 is 10.6 Å². The number of amides is 1. The number of hydrogen-bond acceptors (Lipinski definition) is 5. The Kier molecular flexibility index (Phi) is 7.00. The molecule has 0 unspecified atom stereocenters. The predicted molar refractivity (Wildman–Crippen MR) is 134 cm³/mol. The second kappa shape index (κ2) is 10.2. The van der Waals surface area contributed by atoms with Crippen molar-refractivity contribution in [1.82, 2.24) is 14.8 Å². The summed E-state index contributed by atoms with van der Waals surface area (Å²) in [5.41, 5.74) is -0.594. The molecule has 0 aromatic carbocycles. The molecule has 0 radical (unpaired) electrons. The number of pyridine rings is 1. The van der Waals surface area contributed by atoms with Gasteiger partial charge in [-0.05, 0) is 74.5 Å². The summed E-state index contributed by atoms with van der Waals surface area (Å²) >= 11 is 0. The van der Waals surface area contributed by atoms with Gasteiger partial charge in [0.2, 0.25) is 0 Å². The molecule has 3 heterocycles. The molecule has 0 atom stereocenters. The first kappa shape index (κ1) is 25.4. The highest BCUT2D eigenvalue weighted by molar-refractivity contribution is 6.05. The largest absolute Gasteiger partial charge is 0.464 e. The van der Waals surface area contributed by atoms with E-state index in [4.69, 9.17) is 4.42 Å². The minimum Gasteiger partial charge on any atom is -0.464 e. The highest BCUT2D eigenvalue weighted by Gasteiger charge is 2.39. The molecule has 10 heteroatoms. The molecule has 3 aromatic heterocycles. The van der Waals surface area contributed by atoms with Gasteiger partial charge in [-0.3, -0.25) is 9.48 Å². The highest BCUT2D eigenvalue weighted by atomic mass is 19.4. The fourth-order valence-electron chi connectivity index (χ4n) is 4.96. The van der Waals surface area contributed by atoms with E-state index in [1.807, 2.05) is 6.07 Å². The summed E-state index contributed by atoms with van der Waals surface area (Å²) in [7, 11) is 0. The lowest BCUT2D eigenvalue weighted by Gasteiger charge is -2.30. The minimum absolute atomic E-state index is 0.114. The van der Waals surface area contributed by atoms with Gasteiger partial charge in [-0.1, -0.05) is 13.8 Å². The van der Waals surface area contributed by atoms with E-state index in [0.717, 1.165) is 32.2 Å². The van der Waals surface area contributed by atoms with Gasteiger partial charge in [0.05, 0.1) is 17.3 Å². The second-order valence-corrected chi connectivity index (χ2v) is 10.6. The third-order valence-electron chi connectivity index (χ3n) is 7.48. The SMILES string of the molecule is CC(C)[C@H]1CC[C@@H](n2cc(NC(=O)c3coc(-c4ccnc(NCC5CC5)c4)c3)c(C(F)(F)F)n2)CC1. The van der Waals surface area contributed by atoms with Gasteiger partial charge in [0.15, 0.2) is 5.69 Å². The van der Waals surface area contributed by atoms with Crippen LogP contribution in [0.15, 0.2) is 41.3 Å². The van der Waals surface area contributed by atoms with Crippen molar-refractivity contribution in [2.45, 2.75) is 64.6 Å². The van der Waals surface area contributed by atoms with Crippen LogP contribution >= 0.6 is 0 Å². The monoisotopic (exact) mass is 515 g/mol. The van der Waals surface area contributed by atoms with Crippen LogP contribution in [0.5, 0.6) is 0 Å². The van der Waals surface area contributed by atoms with E-state index in [1.54, 1.807) is 12.3 Å².